The van der Waals surface area contributed by atoms with E-state index in [2.05, 4.69) is 83.7 Å². The van der Waals surface area contributed by atoms with Crippen LogP contribution in [0, 0.1) is 0 Å². The van der Waals surface area contributed by atoms with Crippen LogP contribution in [0.5, 0.6) is 5.75 Å². The van der Waals surface area contributed by atoms with E-state index in [4.69, 9.17) is 4.74 Å². The smallest absolute Gasteiger partial charge is 0.220 e. The molecule has 4 nitrogen and oxygen atoms in total. The van der Waals surface area contributed by atoms with E-state index in [0.29, 0.717) is 13.0 Å². The fraction of sp³-hybridized carbons (Fsp3) is 0.206. The SMILES string of the molecule is COc1ccc(Cn2cc([C@H](CC(=O)NCc3ccccc3)[C@@H](C)c3ccccc3)c3ccccc32)cc1. The zero-order chi connectivity index (χ0) is 26.3. The molecular formula is C34H34N2O2. The monoisotopic (exact) mass is 502 g/mol. The van der Waals surface area contributed by atoms with Gasteiger partial charge in [-0.2, -0.15) is 0 Å². The molecule has 2 atom stereocenters. The normalized spacial score (nSPS) is 12.7. The number of benzene rings is 4. The van der Waals surface area contributed by atoms with Crippen LogP contribution < -0.4 is 10.1 Å². The molecule has 1 amide bonds. The molecule has 4 aromatic carbocycles. The highest BCUT2D eigenvalue weighted by molar-refractivity contribution is 5.86. The Hall–Kier alpha value is -4.31. The van der Waals surface area contributed by atoms with Gasteiger partial charge in [-0.25, -0.2) is 0 Å². The maximum atomic E-state index is 13.3. The van der Waals surface area contributed by atoms with Gasteiger partial charge in [-0.1, -0.05) is 97.9 Å². The fourth-order valence-electron chi connectivity index (χ4n) is 5.24. The van der Waals surface area contributed by atoms with Crippen molar-refractivity contribution in [1.82, 2.24) is 9.88 Å². The maximum absolute atomic E-state index is 13.3. The third-order valence-corrected chi connectivity index (χ3v) is 7.40. The molecule has 4 heteroatoms. The molecule has 5 rings (SSSR count). The highest BCUT2D eigenvalue weighted by atomic mass is 16.5. The fourth-order valence-corrected chi connectivity index (χ4v) is 5.24. The molecule has 192 valence electrons. The summed E-state index contributed by atoms with van der Waals surface area (Å²) in [6.45, 7) is 3.52. The Morgan fingerprint density at radius 1 is 0.816 bits per heavy atom. The molecule has 0 aliphatic rings. The second-order valence-electron chi connectivity index (χ2n) is 9.85. The van der Waals surface area contributed by atoms with Gasteiger partial charge in [0.25, 0.3) is 0 Å². The number of ether oxygens (including phenoxy) is 1. The van der Waals surface area contributed by atoms with Crippen LogP contribution in [0.25, 0.3) is 10.9 Å². The average molecular weight is 503 g/mol. The van der Waals surface area contributed by atoms with E-state index in [-0.39, 0.29) is 17.7 Å². The van der Waals surface area contributed by atoms with Crippen LogP contribution in [0.2, 0.25) is 0 Å². The Morgan fingerprint density at radius 2 is 1.47 bits per heavy atom. The van der Waals surface area contributed by atoms with E-state index in [9.17, 15) is 4.79 Å². The third kappa shape index (κ3) is 5.81. The number of rotatable bonds is 10. The Balaban J connectivity index is 1.48. The number of hydrogen-bond donors (Lipinski definition) is 1. The number of fused-ring (bicyclic) bond motifs is 1. The van der Waals surface area contributed by atoms with Crippen molar-refractivity contribution in [2.75, 3.05) is 7.11 Å². The molecule has 5 aromatic rings. The van der Waals surface area contributed by atoms with Crippen molar-refractivity contribution in [2.45, 2.75) is 38.3 Å². The molecule has 0 saturated carbocycles. The summed E-state index contributed by atoms with van der Waals surface area (Å²) in [5.41, 5.74) is 5.92. The van der Waals surface area contributed by atoms with Crippen LogP contribution in [0.4, 0.5) is 0 Å². The molecular weight excluding hydrogens is 468 g/mol. The molecule has 0 fully saturated rings. The number of carbonyl (C=O) groups excluding carboxylic acids is 1. The standard InChI is InChI=1S/C34H34N2O2/c1-25(28-13-7-4-8-14-28)31(21-34(37)35-22-26-11-5-3-6-12-26)32-24-36(33-16-10-9-15-30(32)33)23-27-17-19-29(38-2)20-18-27/h3-20,24-25,31H,21-23H2,1-2H3,(H,35,37)/t25-,31+/m0/s1. The van der Waals surface area contributed by atoms with E-state index in [0.717, 1.165) is 17.9 Å². The summed E-state index contributed by atoms with van der Waals surface area (Å²) < 4.78 is 7.64. The number of nitrogens with zero attached hydrogens (tertiary/aromatic N) is 1. The summed E-state index contributed by atoms with van der Waals surface area (Å²) >= 11 is 0. The first-order valence-corrected chi connectivity index (χ1v) is 13.2. The van der Waals surface area contributed by atoms with E-state index < -0.39 is 0 Å². The predicted octanol–water partition coefficient (Wildman–Crippen LogP) is 7.29. The minimum absolute atomic E-state index is 0.0233. The molecule has 0 saturated heterocycles. The lowest BCUT2D eigenvalue weighted by molar-refractivity contribution is -0.121. The largest absolute Gasteiger partial charge is 0.497 e. The minimum Gasteiger partial charge on any atom is -0.497 e. The Kier molecular flexibility index (Phi) is 7.89. The summed E-state index contributed by atoms with van der Waals surface area (Å²) in [4.78, 5) is 13.3. The zero-order valence-electron chi connectivity index (χ0n) is 22.0. The molecule has 1 aromatic heterocycles. The lowest BCUT2D eigenvalue weighted by atomic mass is 9.80. The maximum Gasteiger partial charge on any atom is 0.220 e. The predicted molar refractivity (Wildman–Crippen MR) is 155 cm³/mol. The van der Waals surface area contributed by atoms with Gasteiger partial charge in [-0.05, 0) is 46.4 Å². The first kappa shape index (κ1) is 25.3. The van der Waals surface area contributed by atoms with Gasteiger partial charge < -0.3 is 14.6 Å². The Bertz CT molecular complexity index is 1470. The van der Waals surface area contributed by atoms with Crippen molar-refractivity contribution in [3.8, 4) is 5.75 Å². The topological polar surface area (TPSA) is 43.3 Å². The van der Waals surface area contributed by atoms with Crippen molar-refractivity contribution < 1.29 is 9.53 Å². The average Bonchev–Trinajstić information content (AvgIpc) is 3.34. The Labute approximate surface area is 224 Å². The number of amides is 1. The van der Waals surface area contributed by atoms with E-state index in [1.807, 2.05) is 48.5 Å². The van der Waals surface area contributed by atoms with Gasteiger partial charge in [-0.3, -0.25) is 4.79 Å². The Morgan fingerprint density at radius 3 is 2.18 bits per heavy atom. The zero-order valence-corrected chi connectivity index (χ0v) is 22.0. The number of nitrogens with one attached hydrogen (secondary N) is 1. The van der Waals surface area contributed by atoms with E-state index in [1.165, 1.54) is 27.6 Å². The number of methoxy groups -OCH3 is 1. The first-order valence-electron chi connectivity index (χ1n) is 13.2. The molecule has 0 radical (unpaired) electrons. The number of para-hydroxylation sites is 1. The van der Waals surface area contributed by atoms with Crippen LogP contribution >= 0.6 is 0 Å². The molecule has 0 aliphatic carbocycles. The molecule has 1 N–H and O–H groups in total. The summed E-state index contributed by atoms with van der Waals surface area (Å²) in [6.07, 6.45) is 2.67. The quantitative estimate of drug-likeness (QED) is 0.218. The summed E-state index contributed by atoms with van der Waals surface area (Å²) in [5, 5.41) is 4.35. The highest BCUT2D eigenvalue weighted by Gasteiger charge is 2.27. The first-order chi connectivity index (χ1) is 18.6. The highest BCUT2D eigenvalue weighted by Crippen LogP contribution is 2.40. The number of aromatic nitrogens is 1. The van der Waals surface area contributed by atoms with Crippen LogP contribution in [-0.4, -0.2) is 17.6 Å². The molecule has 0 bridgehead atoms. The van der Waals surface area contributed by atoms with E-state index >= 15 is 0 Å². The van der Waals surface area contributed by atoms with Crippen LogP contribution in [0.15, 0.2) is 115 Å². The van der Waals surface area contributed by atoms with Gasteiger partial charge in [0.15, 0.2) is 0 Å². The molecule has 0 spiro atoms. The van der Waals surface area contributed by atoms with Gasteiger partial charge in [-0.15, -0.1) is 0 Å². The summed E-state index contributed by atoms with van der Waals surface area (Å²) in [5.74, 6) is 1.10. The van der Waals surface area contributed by atoms with Gasteiger partial charge in [0, 0.05) is 42.5 Å². The second kappa shape index (κ2) is 11.8. The van der Waals surface area contributed by atoms with E-state index in [1.54, 1.807) is 7.11 Å². The van der Waals surface area contributed by atoms with Crippen molar-refractivity contribution in [3.05, 3.63) is 138 Å². The van der Waals surface area contributed by atoms with Crippen LogP contribution in [0.1, 0.15) is 47.4 Å². The molecule has 1 heterocycles. The lowest BCUT2D eigenvalue weighted by Crippen LogP contribution is -2.26. The summed E-state index contributed by atoms with van der Waals surface area (Å²) in [6, 6.07) is 37.3. The van der Waals surface area contributed by atoms with Crippen LogP contribution in [-0.2, 0) is 17.9 Å². The van der Waals surface area contributed by atoms with Gasteiger partial charge >= 0.3 is 0 Å². The minimum atomic E-state index is 0.0233. The third-order valence-electron chi connectivity index (χ3n) is 7.40. The number of hydrogen-bond acceptors (Lipinski definition) is 2. The van der Waals surface area contributed by atoms with Crippen molar-refractivity contribution in [3.63, 3.8) is 0 Å². The van der Waals surface area contributed by atoms with Gasteiger partial charge in [0.2, 0.25) is 5.91 Å². The van der Waals surface area contributed by atoms with Crippen molar-refractivity contribution >= 4 is 16.8 Å². The van der Waals surface area contributed by atoms with Gasteiger partial charge in [0.05, 0.1) is 7.11 Å². The summed E-state index contributed by atoms with van der Waals surface area (Å²) in [7, 11) is 1.69. The lowest BCUT2D eigenvalue weighted by Gasteiger charge is -2.24. The molecule has 0 aliphatic heterocycles. The van der Waals surface area contributed by atoms with Crippen LogP contribution in [0.3, 0.4) is 0 Å². The van der Waals surface area contributed by atoms with Crippen molar-refractivity contribution in [2.24, 2.45) is 0 Å². The second-order valence-corrected chi connectivity index (χ2v) is 9.85. The number of carbonyl (C=O) groups is 1. The van der Waals surface area contributed by atoms with Crippen molar-refractivity contribution in [1.29, 1.82) is 0 Å². The molecule has 38 heavy (non-hydrogen) atoms. The van der Waals surface area contributed by atoms with Gasteiger partial charge in [0.1, 0.15) is 5.75 Å². The molecule has 0 unspecified atom stereocenters.